The van der Waals surface area contributed by atoms with E-state index in [4.69, 9.17) is 11.6 Å². The second-order valence-electron chi connectivity index (χ2n) is 5.87. The zero-order valence-electron chi connectivity index (χ0n) is 14.3. The number of piperazine rings is 1. The van der Waals surface area contributed by atoms with Gasteiger partial charge in [0, 0.05) is 31.2 Å². The molecule has 1 aliphatic heterocycles. The molecule has 1 saturated heterocycles. The molecule has 1 atom stereocenters. The first-order chi connectivity index (χ1) is 12.1. The molecule has 9 heteroatoms. The fourth-order valence-electron chi connectivity index (χ4n) is 2.75. The van der Waals surface area contributed by atoms with Crippen LogP contribution in [0.5, 0.6) is 0 Å². The van der Waals surface area contributed by atoms with Crippen molar-refractivity contribution >= 4 is 29.3 Å². The van der Waals surface area contributed by atoms with E-state index in [1.54, 1.807) is 16.8 Å². The van der Waals surface area contributed by atoms with E-state index in [1.807, 2.05) is 24.0 Å². The van der Waals surface area contributed by atoms with Crippen molar-refractivity contribution in [2.75, 3.05) is 32.7 Å². The second-order valence-corrected chi connectivity index (χ2v) is 7.61. The number of hydrogen-bond acceptors (Lipinski definition) is 6. The number of rotatable bonds is 5. The van der Waals surface area contributed by atoms with Crippen LogP contribution < -0.4 is 0 Å². The fourth-order valence-corrected chi connectivity index (χ4v) is 3.76. The molecular weight excluding hydrogens is 360 g/mol. The number of carbonyl (C=O) groups excluding carboxylic acids is 1. The molecule has 2 heterocycles. The molecule has 0 aliphatic carbocycles. The number of amides is 1. The van der Waals surface area contributed by atoms with E-state index in [9.17, 15) is 4.79 Å². The standard InChI is InChI=1S/C16H21ClN6OS/c1-3-21-8-10-22(11-9-21)15(24)12(2)25-16-18-19-20-23(16)14-6-4-13(17)5-7-14/h4-7,12H,3,8-11H2,1-2H3. The van der Waals surface area contributed by atoms with Gasteiger partial charge in [-0.25, -0.2) is 0 Å². The molecule has 1 aromatic heterocycles. The zero-order valence-corrected chi connectivity index (χ0v) is 15.9. The van der Waals surface area contributed by atoms with Crippen LogP contribution in [0.1, 0.15) is 13.8 Å². The fraction of sp³-hybridized carbons (Fsp3) is 0.500. The first kappa shape index (κ1) is 18.2. The minimum atomic E-state index is -0.245. The number of carbonyl (C=O) groups is 1. The number of aromatic nitrogens is 4. The normalized spacial score (nSPS) is 16.8. The van der Waals surface area contributed by atoms with Crippen LogP contribution in [0.15, 0.2) is 29.4 Å². The van der Waals surface area contributed by atoms with Crippen LogP contribution >= 0.6 is 23.4 Å². The van der Waals surface area contributed by atoms with Gasteiger partial charge < -0.3 is 9.80 Å². The third-order valence-corrected chi connectivity index (χ3v) is 5.55. The van der Waals surface area contributed by atoms with Crippen molar-refractivity contribution in [3.8, 4) is 5.69 Å². The number of tetrazole rings is 1. The molecule has 1 aliphatic rings. The summed E-state index contributed by atoms with van der Waals surface area (Å²) in [4.78, 5) is 17.0. The number of benzene rings is 1. The molecule has 1 unspecified atom stereocenters. The Kier molecular flexibility index (Phi) is 5.93. The topological polar surface area (TPSA) is 67.2 Å². The molecule has 3 rings (SSSR count). The number of halogens is 1. The van der Waals surface area contributed by atoms with Crippen molar-refractivity contribution in [1.29, 1.82) is 0 Å². The highest BCUT2D eigenvalue weighted by atomic mass is 35.5. The van der Waals surface area contributed by atoms with Gasteiger partial charge in [-0.05, 0) is 48.2 Å². The number of hydrogen-bond donors (Lipinski definition) is 0. The number of nitrogens with zero attached hydrogens (tertiary/aromatic N) is 6. The van der Waals surface area contributed by atoms with Gasteiger partial charge >= 0.3 is 0 Å². The predicted octanol–water partition coefficient (Wildman–Crippen LogP) is 1.96. The SMILES string of the molecule is CCN1CCN(C(=O)C(C)Sc2nnnn2-c2ccc(Cl)cc2)CC1. The van der Waals surface area contributed by atoms with Crippen LogP contribution in [0.25, 0.3) is 5.69 Å². The first-order valence-corrected chi connectivity index (χ1v) is 9.56. The summed E-state index contributed by atoms with van der Waals surface area (Å²) in [5.41, 5.74) is 0.813. The van der Waals surface area contributed by atoms with Gasteiger partial charge in [0.25, 0.3) is 0 Å². The Bertz CT molecular complexity index is 714. The molecule has 1 fully saturated rings. The van der Waals surface area contributed by atoms with E-state index in [-0.39, 0.29) is 11.2 Å². The van der Waals surface area contributed by atoms with Crippen LogP contribution in [-0.2, 0) is 4.79 Å². The summed E-state index contributed by atoms with van der Waals surface area (Å²) >= 11 is 7.30. The van der Waals surface area contributed by atoms with E-state index in [1.165, 1.54) is 11.8 Å². The molecule has 0 N–H and O–H groups in total. The number of likely N-dealkylation sites (N-methyl/N-ethyl adjacent to an activating group) is 1. The van der Waals surface area contributed by atoms with E-state index in [0.717, 1.165) is 38.4 Å². The van der Waals surface area contributed by atoms with Crippen LogP contribution in [0.4, 0.5) is 0 Å². The maximum absolute atomic E-state index is 12.7. The molecular formula is C16H21ClN6OS. The Morgan fingerprint density at radius 1 is 1.24 bits per heavy atom. The van der Waals surface area contributed by atoms with Gasteiger partial charge in [0.15, 0.2) is 0 Å². The Hall–Kier alpha value is -1.64. The lowest BCUT2D eigenvalue weighted by molar-refractivity contribution is -0.132. The van der Waals surface area contributed by atoms with E-state index in [2.05, 4.69) is 27.3 Å². The zero-order chi connectivity index (χ0) is 17.8. The second kappa shape index (κ2) is 8.16. The summed E-state index contributed by atoms with van der Waals surface area (Å²) in [6.07, 6.45) is 0. The Morgan fingerprint density at radius 2 is 1.92 bits per heavy atom. The van der Waals surface area contributed by atoms with Crippen molar-refractivity contribution in [2.45, 2.75) is 24.3 Å². The average Bonchev–Trinajstić information content (AvgIpc) is 3.10. The lowest BCUT2D eigenvalue weighted by Gasteiger charge is -2.35. The summed E-state index contributed by atoms with van der Waals surface area (Å²) in [6.45, 7) is 8.50. The van der Waals surface area contributed by atoms with Gasteiger partial charge in [0.05, 0.1) is 10.9 Å². The van der Waals surface area contributed by atoms with Crippen molar-refractivity contribution in [3.63, 3.8) is 0 Å². The largest absolute Gasteiger partial charge is 0.339 e. The molecule has 2 aromatic rings. The smallest absolute Gasteiger partial charge is 0.235 e. The van der Waals surface area contributed by atoms with E-state index in [0.29, 0.717) is 10.2 Å². The van der Waals surface area contributed by atoms with Crippen LogP contribution in [0.2, 0.25) is 5.02 Å². The first-order valence-electron chi connectivity index (χ1n) is 8.30. The maximum atomic E-state index is 12.7. The van der Waals surface area contributed by atoms with Crippen molar-refractivity contribution in [2.24, 2.45) is 0 Å². The molecule has 1 aromatic carbocycles. The highest BCUT2D eigenvalue weighted by Gasteiger charge is 2.26. The Morgan fingerprint density at radius 3 is 2.56 bits per heavy atom. The van der Waals surface area contributed by atoms with Gasteiger partial charge in [-0.3, -0.25) is 4.79 Å². The van der Waals surface area contributed by atoms with Gasteiger partial charge in [-0.2, -0.15) is 4.68 Å². The van der Waals surface area contributed by atoms with Gasteiger partial charge in [-0.15, -0.1) is 5.10 Å². The van der Waals surface area contributed by atoms with Crippen molar-refractivity contribution in [1.82, 2.24) is 30.0 Å². The minimum Gasteiger partial charge on any atom is -0.339 e. The van der Waals surface area contributed by atoms with Gasteiger partial charge in [-0.1, -0.05) is 30.3 Å². The van der Waals surface area contributed by atoms with E-state index >= 15 is 0 Å². The summed E-state index contributed by atoms with van der Waals surface area (Å²) in [7, 11) is 0. The predicted molar refractivity (Wildman–Crippen MR) is 98.2 cm³/mol. The van der Waals surface area contributed by atoms with Crippen molar-refractivity contribution < 1.29 is 4.79 Å². The average molecular weight is 381 g/mol. The van der Waals surface area contributed by atoms with Gasteiger partial charge in [0.2, 0.25) is 11.1 Å². The molecule has 0 spiro atoms. The minimum absolute atomic E-state index is 0.131. The maximum Gasteiger partial charge on any atom is 0.235 e. The summed E-state index contributed by atoms with van der Waals surface area (Å²) < 4.78 is 1.62. The molecule has 0 radical (unpaired) electrons. The molecule has 7 nitrogen and oxygen atoms in total. The molecule has 1 amide bonds. The lowest BCUT2D eigenvalue weighted by atomic mass is 10.3. The Balaban J connectivity index is 1.65. The van der Waals surface area contributed by atoms with Crippen molar-refractivity contribution in [3.05, 3.63) is 29.3 Å². The molecule has 134 valence electrons. The molecule has 25 heavy (non-hydrogen) atoms. The third-order valence-electron chi connectivity index (χ3n) is 4.27. The monoisotopic (exact) mass is 380 g/mol. The quantitative estimate of drug-likeness (QED) is 0.739. The number of thioether (sulfide) groups is 1. The highest BCUT2D eigenvalue weighted by Crippen LogP contribution is 2.25. The summed E-state index contributed by atoms with van der Waals surface area (Å²) in [5.74, 6) is 0.131. The van der Waals surface area contributed by atoms with E-state index < -0.39 is 0 Å². The summed E-state index contributed by atoms with van der Waals surface area (Å²) in [6, 6.07) is 7.27. The van der Waals surface area contributed by atoms with Crippen LogP contribution in [0.3, 0.4) is 0 Å². The summed E-state index contributed by atoms with van der Waals surface area (Å²) in [5, 5.41) is 12.8. The highest BCUT2D eigenvalue weighted by molar-refractivity contribution is 8.00. The Labute approximate surface area is 156 Å². The molecule has 0 saturated carbocycles. The van der Waals surface area contributed by atoms with Crippen LogP contribution in [0, 0.1) is 0 Å². The van der Waals surface area contributed by atoms with Gasteiger partial charge in [0.1, 0.15) is 0 Å². The third kappa shape index (κ3) is 4.31. The molecule has 0 bridgehead atoms. The van der Waals surface area contributed by atoms with Crippen LogP contribution in [-0.4, -0.2) is 73.9 Å². The lowest BCUT2D eigenvalue weighted by Crippen LogP contribution is -2.50.